The second-order valence-corrected chi connectivity index (χ2v) is 8.17. The number of thiazole rings is 1. The number of piperidine rings is 1. The number of likely N-dealkylation sites (tertiary alicyclic amines) is 1. The van der Waals surface area contributed by atoms with Crippen LogP contribution in [0.3, 0.4) is 0 Å². The van der Waals surface area contributed by atoms with Crippen molar-refractivity contribution in [2.24, 2.45) is 11.7 Å². The van der Waals surface area contributed by atoms with Crippen LogP contribution in [0.1, 0.15) is 29.5 Å². The number of primary amides is 1. The van der Waals surface area contributed by atoms with E-state index in [0.717, 1.165) is 24.1 Å². The normalized spacial score (nSPS) is 15.7. The monoisotopic (exact) mass is 386 g/mol. The van der Waals surface area contributed by atoms with E-state index in [1.807, 2.05) is 5.38 Å². The van der Waals surface area contributed by atoms with Gasteiger partial charge < -0.3 is 11.1 Å². The van der Waals surface area contributed by atoms with Crippen LogP contribution in [0.25, 0.3) is 11.3 Å². The molecule has 0 unspecified atom stereocenters. The first-order valence-corrected chi connectivity index (χ1v) is 10.1. The number of benzene rings is 1. The minimum atomic E-state index is -0.240. The van der Waals surface area contributed by atoms with Crippen LogP contribution < -0.4 is 11.1 Å². The lowest BCUT2D eigenvalue weighted by Gasteiger charge is -2.29. The van der Waals surface area contributed by atoms with Gasteiger partial charge in [-0.25, -0.2) is 4.98 Å². The van der Waals surface area contributed by atoms with Crippen LogP contribution in [0.2, 0.25) is 0 Å². The van der Waals surface area contributed by atoms with Crippen molar-refractivity contribution in [2.75, 3.05) is 25.0 Å². The second-order valence-electron chi connectivity index (χ2n) is 7.31. The van der Waals surface area contributed by atoms with Crippen molar-refractivity contribution in [2.45, 2.75) is 33.6 Å². The maximum absolute atomic E-state index is 12.3. The fourth-order valence-corrected chi connectivity index (χ4v) is 4.49. The highest BCUT2D eigenvalue weighted by Gasteiger charge is 2.24. The molecule has 1 aliphatic rings. The Morgan fingerprint density at radius 1 is 1.22 bits per heavy atom. The molecule has 0 aliphatic carbocycles. The lowest BCUT2D eigenvalue weighted by molar-refractivity contribution is -0.123. The number of rotatable bonds is 5. The average Bonchev–Trinajstić information content (AvgIpc) is 3.02. The van der Waals surface area contributed by atoms with Crippen molar-refractivity contribution in [3.05, 3.63) is 34.2 Å². The molecule has 1 aliphatic heterocycles. The largest absolute Gasteiger partial charge is 0.369 e. The number of nitrogens with one attached hydrogen (secondary N) is 1. The highest BCUT2D eigenvalue weighted by molar-refractivity contribution is 7.14. The zero-order valence-electron chi connectivity index (χ0n) is 16.0. The maximum Gasteiger partial charge on any atom is 0.240 e. The number of anilines is 1. The first-order chi connectivity index (χ1) is 12.8. The SMILES string of the molecule is Cc1cc(C)c(-c2csc(NC(=O)CN3CCC(C(N)=O)CC3)n2)c(C)c1. The summed E-state index contributed by atoms with van der Waals surface area (Å²) in [4.78, 5) is 30.2. The van der Waals surface area contributed by atoms with Crippen LogP contribution in [0, 0.1) is 26.7 Å². The minimum Gasteiger partial charge on any atom is -0.369 e. The maximum atomic E-state index is 12.3. The number of nitrogens with zero attached hydrogens (tertiary/aromatic N) is 2. The van der Waals surface area contributed by atoms with Gasteiger partial charge in [0.05, 0.1) is 12.2 Å². The van der Waals surface area contributed by atoms with Crippen LogP contribution in [0.15, 0.2) is 17.5 Å². The Labute approximate surface area is 163 Å². The van der Waals surface area contributed by atoms with Crippen LogP contribution >= 0.6 is 11.3 Å². The number of hydrogen-bond acceptors (Lipinski definition) is 5. The van der Waals surface area contributed by atoms with Crippen LogP contribution in [0.4, 0.5) is 5.13 Å². The van der Waals surface area contributed by atoms with Gasteiger partial charge in [0.25, 0.3) is 0 Å². The Morgan fingerprint density at radius 3 is 2.44 bits per heavy atom. The van der Waals surface area contributed by atoms with Gasteiger partial charge in [-0.3, -0.25) is 14.5 Å². The summed E-state index contributed by atoms with van der Waals surface area (Å²) in [5.74, 6) is -0.381. The fraction of sp³-hybridized carbons (Fsp3) is 0.450. The average molecular weight is 387 g/mol. The van der Waals surface area contributed by atoms with Crippen molar-refractivity contribution in [1.29, 1.82) is 0 Å². The van der Waals surface area contributed by atoms with Gasteiger partial charge >= 0.3 is 0 Å². The van der Waals surface area contributed by atoms with Gasteiger partial charge in [-0.2, -0.15) is 0 Å². The molecule has 2 aromatic rings. The van der Waals surface area contributed by atoms with Crippen LogP contribution in [-0.4, -0.2) is 41.3 Å². The summed E-state index contributed by atoms with van der Waals surface area (Å²) in [6.07, 6.45) is 1.44. The van der Waals surface area contributed by atoms with Gasteiger partial charge in [-0.15, -0.1) is 11.3 Å². The van der Waals surface area contributed by atoms with E-state index in [2.05, 4.69) is 48.1 Å². The van der Waals surface area contributed by atoms with E-state index >= 15 is 0 Å². The molecule has 6 nitrogen and oxygen atoms in total. The number of carbonyl (C=O) groups excluding carboxylic acids is 2. The minimum absolute atomic E-state index is 0.0631. The molecule has 1 saturated heterocycles. The third kappa shape index (κ3) is 4.73. The number of hydrogen-bond donors (Lipinski definition) is 2. The molecule has 27 heavy (non-hydrogen) atoms. The molecule has 0 spiro atoms. The van der Waals surface area contributed by atoms with Crippen molar-refractivity contribution >= 4 is 28.3 Å². The summed E-state index contributed by atoms with van der Waals surface area (Å²) < 4.78 is 0. The standard InChI is InChI=1S/C20H26N4O2S/c1-12-8-13(2)18(14(3)9-12)16-11-27-20(22-16)23-17(25)10-24-6-4-15(5-7-24)19(21)26/h8-9,11,15H,4-7,10H2,1-3H3,(H2,21,26)(H,22,23,25). The molecular formula is C20H26N4O2S. The molecule has 0 atom stereocenters. The summed E-state index contributed by atoms with van der Waals surface area (Å²) in [7, 11) is 0. The zero-order valence-corrected chi connectivity index (χ0v) is 16.9. The Bertz CT molecular complexity index is 830. The molecule has 0 saturated carbocycles. The number of carbonyl (C=O) groups is 2. The summed E-state index contributed by atoms with van der Waals surface area (Å²) in [6.45, 7) is 7.99. The first-order valence-electron chi connectivity index (χ1n) is 9.18. The Balaban J connectivity index is 1.60. The molecule has 144 valence electrons. The van der Waals surface area contributed by atoms with Gasteiger partial charge in [0.1, 0.15) is 0 Å². The summed E-state index contributed by atoms with van der Waals surface area (Å²) in [5.41, 5.74) is 11.0. The summed E-state index contributed by atoms with van der Waals surface area (Å²) in [5, 5.41) is 5.50. The Kier molecular flexibility index (Phi) is 5.92. The molecule has 1 fully saturated rings. The van der Waals surface area contributed by atoms with Gasteiger partial charge in [0.2, 0.25) is 11.8 Å². The molecule has 7 heteroatoms. The van der Waals surface area contributed by atoms with E-state index in [1.54, 1.807) is 0 Å². The lowest BCUT2D eigenvalue weighted by atomic mass is 9.96. The predicted molar refractivity (Wildman–Crippen MR) is 109 cm³/mol. The molecule has 1 aromatic carbocycles. The third-order valence-corrected chi connectivity index (χ3v) is 5.80. The summed E-state index contributed by atoms with van der Waals surface area (Å²) >= 11 is 1.44. The van der Waals surface area contributed by atoms with Crippen molar-refractivity contribution in [1.82, 2.24) is 9.88 Å². The van der Waals surface area contributed by atoms with Crippen molar-refractivity contribution in [3.8, 4) is 11.3 Å². The first kappa shape index (κ1) is 19.5. The second kappa shape index (κ2) is 8.19. The van der Waals surface area contributed by atoms with E-state index in [1.165, 1.54) is 28.0 Å². The highest BCUT2D eigenvalue weighted by Crippen LogP contribution is 2.31. The van der Waals surface area contributed by atoms with E-state index in [-0.39, 0.29) is 17.7 Å². The zero-order chi connectivity index (χ0) is 19.6. The summed E-state index contributed by atoms with van der Waals surface area (Å²) in [6, 6.07) is 4.30. The lowest BCUT2D eigenvalue weighted by Crippen LogP contribution is -2.42. The fourth-order valence-electron chi connectivity index (χ4n) is 3.77. The number of amides is 2. The van der Waals surface area contributed by atoms with Crippen molar-refractivity contribution in [3.63, 3.8) is 0 Å². The third-order valence-electron chi connectivity index (χ3n) is 5.04. The quantitative estimate of drug-likeness (QED) is 0.827. The van der Waals surface area contributed by atoms with Crippen LogP contribution in [0.5, 0.6) is 0 Å². The topological polar surface area (TPSA) is 88.3 Å². The molecule has 2 heterocycles. The smallest absolute Gasteiger partial charge is 0.240 e. The number of aryl methyl sites for hydroxylation is 3. The molecule has 2 amide bonds. The van der Waals surface area contributed by atoms with Crippen molar-refractivity contribution < 1.29 is 9.59 Å². The van der Waals surface area contributed by atoms with E-state index in [9.17, 15) is 9.59 Å². The molecule has 3 N–H and O–H groups in total. The molecule has 3 rings (SSSR count). The molecular weight excluding hydrogens is 360 g/mol. The number of aromatic nitrogens is 1. The van der Waals surface area contributed by atoms with Gasteiger partial charge in [-0.1, -0.05) is 17.7 Å². The number of nitrogens with two attached hydrogens (primary N) is 1. The van der Waals surface area contributed by atoms with Gasteiger partial charge in [0.15, 0.2) is 5.13 Å². The molecule has 0 bridgehead atoms. The predicted octanol–water partition coefficient (Wildman–Crippen LogP) is 2.87. The molecule has 0 radical (unpaired) electrons. The van der Waals surface area contributed by atoms with Gasteiger partial charge in [0, 0.05) is 16.9 Å². The van der Waals surface area contributed by atoms with E-state index < -0.39 is 0 Å². The Morgan fingerprint density at radius 2 is 1.85 bits per heavy atom. The van der Waals surface area contributed by atoms with E-state index in [0.29, 0.717) is 24.8 Å². The van der Waals surface area contributed by atoms with E-state index in [4.69, 9.17) is 5.73 Å². The van der Waals surface area contributed by atoms with Crippen LogP contribution in [-0.2, 0) is 9.59 Å². The van der Waals surface area contributed by atoms with Gasteiger partial charge in [-0.05, 0) is 57.8 Å². The molecule has 1 aromatic heterocycles. The highest BCUT2D eigenvalue weighted by atomic mass is 32.1. The Hall–Kier alpha value is -2.25.